The first kappa shape index (κ1) is 9.89. The minimum atomic E-state index is 0.775. The van der Waals surface area contributed by atoms with Gasteiger partial charge in [0.2, 0.25) is 0 Å². The van der Waals surface area contributed by atoms with E-state index in [0.717, 1.165) is 18.9 Å². The number of halogens is 1. The number of H-pyrrole nitrogens is 1. The lowest BCUT2D eigenvalue weighted by molar-refractivity contribution is 0.674. The lowest BCUT2D eigenvalue weighted by Gasteiger charge is -2.00. The smallest absolute Gasteiger partial charge is 0.120 e. The van der Waals surface area contributed by atoms with Crippen molar-refractivity contribution < 1.29 is 0 Å². The van der Waals surface area contributed by atoms with Crippen LogP contribution in [0, 0.1) is 0 Å². The van der Waals surface area contributed by atoms with Gasteiger partial charge in [-0.1, -0.05) is 0 Å². The molecule has 0 atom stereocenters. The standard InChI is InChI=1S/C9H10BrN3S/c10-7-1-4-14-8(7)5-11-6-9-12-2-3-13-9/h1-4,11H,5-6H2,(H,12,13). The molecule has 2 aromatic heterocycles. The summed E-state index contributed by atoms with van der Waals surface area (Å²) in [6.45, 7) is 1.65. The monoisotopic (exact) mass is 271 g/mol. The quantitative estimate of drug-likeness (QED) is 0.897. The van der Waals surface area contributed by atoms with Crippen molar-refractivity contribution in [3.8, 4) is 0 Å². The van der Waals surface area contributed by atoms with Gasteiger partial charge in [0.15, 0.2) is 0 Å². The third-order valence-electron chi connectivity index (χ3n) is 1.82. The zero-order valence-corrected chi connectivity index (χ0v) is 9.86. The van der Waals surface area contributed by atoms with Crippen molar-refractivity contribution >= 4 is 27.3 Å². The summed E-state index contributed by atoms with van der Waals surface area (Å²) in [5, 5.41) is 5.40. The molecule has 0 aromatic carbocycles. The Bertz CT molecular complexity index is 382. The van der Waals surface area contributed by atoms with Crippen LogP contribution in [0.5, 0.6) is 0 Å². The fourth-order valence-corrected chi connectivity index (χ4v) is 2.60. The number of rotatable bonds is 4. The molecule has 74 valence electrons. The van der Waals surface area contributed by atoms with E-state index in [9.17, 15) is 0 Å². The summed E-state index contributed by atoms with van der Waals surface area (Å²) >= 11 is 5.24. The summed E-state index contributed by atoms with van der Waals surface area (Å²) in [6.07, 6.45) is 3.59. The van der Waals surface area contributed by atoms with Crippen molar-refractivity contribution in [3.63, 3.8) is 0 Å². The number of thiophene rings is 1. The van der Waals surface area contributed by atoms with Crippen LogP contribution in [0.2, 0.25) is 0 Å². The number of hydrogen-bond donors (Lipinski definition) is 2. The van der Waals surface area contributed by atoms with Crippen molar-refractivity contribution in [3.05, 3.63) is 39.0 Å². The first-order valence-corrected chi connectivity index (χ1v) is 5.94. The Balaban J connectivity index is 1.81. The number of hydrogen-bond acceptors (Lipinski definition) is 3. The first-order chi connectivity index (χ1) is 6.86. The molecule has 0 aliphatic rings. The van der Waals surface area contributed by atoms with Crippen LogP contribution >= 0.6 is 27.3 Å². The van der Waals surface area contributed by atoms with Crippen LogP contribution in [0.3, 0.4) is 0 Å². The Labute approximate surface area is 94.7 Å². The predicted molar refractivity (Wildman–Crippen MR) is 61.2 cm³/mol. The second kappa shape index (κ2) is 4.72. The minimum Gasteiger partial charge on any atom is -0.348 e. The van der Waals surface area contributed by atoms with Crippen LogP contribution < -0.4 is 5.32 Å². The van der Waals surface area contributed by atoms with E-state index in [1.54, 1.807) is 17.5 Å². The summed E-state index contributed by atoms with van der Waals surface area (Å²) in [7, 11) is 0. The molecule has 2 rings (SSSR count). The number of aromatic amines is 1. The van der Waals surface area contributed by atoms with E-state index in [4.69, 9.17) is 0 Å². The zero-order valence-electron chi connectivity index (χ0n) is 7.46. The van der Waals surface area contributed by atoms with Crippen LogP contribution in [-0.4, -0.2) is 9.97 Å². The van der Waals surface area contributed by atoms with Crippen molar-refractivity contribution in [1.29, 1.82) is 0 Å². The Morgan fingerprint density at radius 3 is 3.07 bits per heavy atom. The largest absolute Gasteiger partial charge is 0.348 e. The van der Waals surface area contributed by atoms with Gasteiger partial charge in [0, 0.05) is 28.3 Å². The molecule has 0 radical (unpaired) electrons. The summed E-state index contributed by atoms with van der Waals surface area (Å²) in [5.41, 5.74) is 0. The molecule has 0 aliphatic carbocycles. The average Bonchev–Trinajstić information content (AvgIpc) is 2.78. The lowest BCUT2D eigenvalue weighted by Crippen LogP contribution is -2.12. The van der Waals surface area contributed by atoms with Crippen LogP contribution in [0.4, 0.5) is 0 Å². The van der Waals surface area contributed by atoms with E-state index in [2.05, 4.69) is 42.7 Å². The molecule has 5 heteroatoms. The van der Waals surface area contributed by atoms with Gasteiger partial charge in [0.25, 0.3) is 0 Å². The highest BCUT2D eigenvalue weighted by Gasteiger charge is 2.00. The third kappa shape index (κ3) is 2.43. The molecule has 0 saturated carbocycles. The molecule has 2 aromatic rings. The normalized spacial score (nSPS) is 10.6. The zero-order chi connectivity index (χ0) is 9.80. The Kier molecular flexibility index (Phi) is 3.34. The second-order valence-electron chi connectivity index (χ2n) is 2.83. The van der Waals surface area contributed by atoms with Crippen molar-refractivity contribution in [2.75, 3.05) is 0 Å². The Hall–Kier alpha value is -0.650. The molecule has 0 fully saturated rings. The molecule has 0 amide bonds. The maximum atomic E-state index is 4.13. The van der Waals surface area contributed by atoms with Gasteiger partial charge in [0.05, 0.1) is 6.54 Å². The van der Waals surface area contributed by atoms with Crippen LogP contribution in [-0.2, 0) is 13.1 Å². The fraction of sp³-hybridized carbons (Fsp3) is 0.222. The Morgan fingerprint density at radius 1 is 1.50 bits per heavy atom. The van der Waals surface area contributed by atoms with E-state index in [1.807, 2.05) is 6.20 Å². The molecular weight excluding hydrogens is 262 g/mol. The molecule has 14 heavy (non-hydrogen) atoms. The molecule has 2 N–H and O–H groups in total. The molecule has 0 bridgehead atoms. The summed E-state index contributed by atoms with van der Waals surface area (Å²) < 4.78 is 1.18. The minimum absolute atomic E-state index is 0.775. The van der Waals surface area contributed by atoms with E-state index in [1.165, 1.54) is 9.35 Å². The SMILES string of the molecule is Brc1ccsc1CNCc1ncc[nH]1. The highest BCUT2D eigenvalue weighted by atomic mass is 79.9. The van der Waals surface area contributed by atoms with E-state index < -0.39 is 0 Å². The molecule has 2 heterocycles. The predicted octanol–water partition coefficient (Wildman–Crippen LogP) is 2.52. The number of imidazole rings is 1. The highest BCUT2D eigenvalue weighted by molar-refractivity contribution is 9.10. The van der Waals surface area contributed by atoms with Gasteiger partial charge in [-0.3, -0.25) is 0 Å². The Morgan fingerprint density at radius 2 is 2.43 bits per heavy atom. The molecule has 3 nitrogen and oxygen atoms in total. The summed E-state index contributed by atoms with van der Waals surface area (Å²) in [6, 6.07) is 2.06. The van der Waals surface area contributed by atoms with Crippen molar-refractivity contribution in [2.45, 2.75) is 13.1 Å². The van der Waals surface area contributed by atoms with E-state index >= 15 is 0 Å². The first-order valence-electron chi connectivity index (χ1n) is 4.27. The lowest BCUT2D eigenvalue weighted by atomic mass is 10.4. The maximum Gasteiger partial charge on any atom is 0.120 e. The summed E-state index contributed by atoms with van der Waals surface area (Å²) in [5.74, 6) is 0.970. The van der Waals surface area contributed by atoms with Gasteiger partial charge in [-0.2, -0.15) is 0 Å². The molecule has 0 saturated heterocycles. The van der Waals surface area contributed by atoms with Crippen molar-refractivity contribution in [2.24, 2.45) is 0 Å². The molecule has 0 unspecified atom stereocenters. The van der Waals surface area contributed by atoms with Gasteiger partial charge in [0.1, 0.15) is 5.82 Å². The van der Waals surface area contributed by atoms with Gasteiger partial charge in [-0.15, -0.1) is 11.3 Å². The van der Waals surface area contributed by atoms with Gasteiger partial charge in [-0.05, 0) is 27.4 Å². The van der Waals surface area contributed by atoms with Crippen LogP contribution in [0.25, 0.3) is 0 Å². The van der Waals surface area contributed by atoms with Crippen LogP contribution in [0.15, 0.2) is 28.3 Å². The number of nitrogens with zero attached hydrogens (tertiary/aromatic N) is 1. The number of aromatic nitrogens is 2. The van der Waals surface area contributed by atoms with Gasteiger partial charge >= 0.3 is 0 Å². The average molecular weight is 272 g/mol. The van der Waals surface area contributed by atoms with Crippen LogP contribution in [0.1, 0.15) is 10.7 Å². The molecule has 0 spiro atoms. The van der Waals surface area contributed by atoms with E-state index in [-0.39, 0.29) is 0 Å². The van der Waals surface area contributed by atoms with Gasteiger partial charge < -0.3 is 10.3 Å². The third-order valence-corrected chi connectivity index (χ3v) is 3.75. The maximum absolute atomic E-state index is 4.13. The molecular formula is C9H10BrN3S. The second-order valence-corrected chi connectivity index (χ2v) is 4.69. The highest BCUT2D eigenvalue weighted by Crippen LogP contribution is 2.22. The number of nitrogens with one attached hydrogen (secondary N) is 2. The topological polar surface area (TPSA) is 40.7 Å². The van der Waals surface area contributed by atoms with E-state index in [0.29, 0.717) is 0 Å². The summed E-state index contributed by atoms with van der Waals surface area (Å²) in [4.78, 5) is 8.50. The fourth-order valence-electron chi connectivity index (χ4n) is 1.14. The molecule has 0 aliphatic heterocycles. The van der Waals surface area contributed by atoms with Gasteiger partial charge in [-0.25, -0.2) is 4.98 Å². The van der Waals surface area contributed by atoms with Crippen molar-refractivity contribution in [1.82, 2.24) is 15.3 Å².